The van der Waals surface area contributed by atoms with Crippen LogP contribution in [0.4, 0.5) is 0 Å². The molecule has 0 heterocycles. The third kappa shape index (κ3) is 5.21. The molecular weight excluding hydrogens is 372 g/mol. The van der Waals surface area contributed by atoms with Crippen molar-refractivity contribution < 1.29 is 19.0 Å². The van der Waals surface area contributed by atoms with Crippen LogP contribution in [-0.4, -0.2) is 26.5 Å². The molecule has 0 aliphatic carbocycles. The van der Waals surface area contributed by atoms with Gasteiger partial charge in [0.2, 0.25) is 0 Å². The number of hydrogen-bond donors (Lipinski definition) is 0. The molecule has 0 unspecified atom stereocenters. The highest BCUT2D eigenvalue weighted by atomic mass is 79.9. The van der Waals surface area contributed by atoms with Crippen LogP contribution in [0.2, 0.25) is 0 Å². The summed E-state index contributed by atoms with van der Waals surface area (Å²) in [6.07, 6.45) is 4.26. The lowest BCUT2D eigenvalue weighted by atomic mass is 10.1. The first kappa shape index (κ1) is 18.7. The highest BCUT2D eigenvalue weighted by molar-refractivity contribution is 9.10. The van der Waals surface area contributed by atoms with E-state index in [0.717, 1.165) is 40.9 Å². The molecule has 0 spiro atoms. The molecule has 2 aromatic carbocycles. The van der Waals surface area contributed by atoms with Crippen LogP contribution in [0, 0.1) is 0 Å². The third-order valence-corrected chi connectivity index (χ3v) is 4.18. The summed E-state index contributed by atoms with van der Waals surface area (Å²) in [5.74, 6) is 0.115. The number of methoxy groups -OCH3 is 1. The molecule has 130 valence electrons. The van der Waals surface area contributed by atoms with E-state index in [0.29, 0.717) is 17.9 Å². The second-order valence-corrected chi connectivity index (χ2v) is 6.50. The van der Waals surface area contributed by atoms with Crippen molar-refractivity contribution in [1.82, 2.24) is 0 Å². The van der Waals surface area contributed by atoms with Gasteiger partial charge in [0.05, 0.1) is 6.61 Å². The second kappa shape index (κ2) is 9.64. The summed E-state index contributed by atoms with van der Waals surface area (Å²) in [6.45, 7) is 2.66. The quantitative estimate of drug-likeness (QED) is 0.327. The van der Waals surface area contributed by atoms with Gasteiger partial charge in [-0.15, -0.1) is 0 Å². The number of carbonyl (C=O) groups is 1. The van der Waals surface area contributed by atoms with Crippen LogP contribution in [0.15, 0.2) is 34.8 Å². The summed E-state index contributed by atoms with van der Waals surface area (Å²) in [5.41, 5.74) is 0.424. The number of benzene rings is 2. The summed E-state index contributed by atoms with van der Waals surface area (Å²) in [4.78, 5) is 12.4. The average molecular weight is 395 g/mol. The van der Waals surface area contributed by atoms with Gasteiger partial charge >= 0.3 is 5.97 Å². The molecule has 0 saturated carbocycles. The lowest BCUT2D eigenvalue weighted by Gasteiger charge is -2.12. The topological polar surface area (TPSA) is 44.8 Å². The fourth-order valence-corrected chi connectivity index (χ4v) is 2.80. The Hall–Kier alpha value is -1.59. The first-order valence-corrected chi connectivity index (χ1v) is 8.97. The summed E-state index contributed by atoms with van der Waals surface area (Å²) in [6, 6.07) is 9.54. The van der Waals surface area contributed by atoms with Crippen molar-refractivity contribution in [3.63, 3.8) is 0 Å². The third-order valence-electron chi connectivity index (χ3n) is 3.68. The second-order valence-electron chi connectivity index (χ2n) is 5.59. The van der Waals surface area contributed by atoms with Crippen LogP contribution in [0.5, 0.6) is 5.75 Å². The Bertz CT molecular complexity index is 684. The molecule has 0 aliphatic heterocycles. The van der Waals surface area contributed by atoms with E-state index in [9.17, 15) is 4.79 Å². The molecule has 2 aromatic rings. The van der Waals surface area contributed by atoms with E-state index in [1.54, 1.807) is 13.2 Å². The van der Waals surface area contributed by atoms with Crippen molar-refractivity contribution in [3.05, 3.63) is 40.4 Å². The molecule has 4 nitrogen and oxygen atoms in total. The fourth-order valence-electron chi connectivity index (χ4n) is 2.42. The molecule has 0 aliphatic rings. The van der Waals surface area contributed by atoms with Gasteiger partial charge in [-0.05, 0) is 41.5 Å². The zero-order chi connectivity index (χ0) is 17.4. The smallest absolute Gasteiger partial charge is 0.341 e. The normalized spacial score (nSPS) is 10.8. The monoisotopic (exact) mass is 394 g/mol. The van der Waals surface area contributed by atoms with Gasteiger partial charge in [0.25, 0.3) is 0 Å². The highest BCUT2D eigenvalue weighted by Gasteiger charge is 2.16. The summed E-state index contributed by atoms with van der Waals surface area (Å²) in [7, 11) is 1.55. The number of hydrogen-bond acceptors (Lipinski definition) is 4. The number of esters is 1. The molecule has 5 heteroatoms. The molecule has 0 N–H and O–H groups in total. The van der Waals surface area contributed by atoms with Crippen LogP contribution < -0.4 is 4.74 Å². The summed E-state index contributed by atoms with van der Waals surface area (Å²) >= 11 is 3.45. The molecule has 24 heavy (non-hydrogen) atoms. The number of halogens is 1. The van der Waals surface area contributed by atoms with E-state index in [4.69, 9.17) is 14.2 Å². The van der Waals surface area contributed by atoms with Crippen LogP contribution in [-0.2, 0) is 9.47 Å². The van der Waals surface area contributed by atoms with E-state index in [-0.39, 0.29) is 12.8 Å². The largest absolute Gasteiger partial charge is 0.467 e. The minimum Gasteiger partial charge on any atom is -0.467 e. The lowest BCUT2D eigenvalue weighted by Crippen LogP contribution is -2.10. The van der Waals surface area contributed by atoms with Gasteiger partial charge in [0.15, 0.2) is 6.79 Å². The van der Waals surface area contributed by atoms with Crippen molar-refractivity contribution in [3.8, 4) is 5.75 Å². The van der Waals surface area contributed by atoms with Gasteiger partial charge < -0.3 is 14.2 Å². The first-order valence-electron chi connectivity index (χ1n) is 8.18. The van der Waals surface area contributed by atoms with Gasteiger partial charge in [-0.1, -0.05) is 48.2 Å². The van der Waals surface area contributed by atoms with Crippen LogP contribution in [0.25, 0.3) is 10.8 Å². The number of fused-ring (bicyclic) bond motifs is 1. The van der Waals surface area contributed by atoms with Crippen molar-refractivity contribution in [2.75, 3.05) is 20.5 Å². The molecule has 0 atom stereocenters. The van der Waals surface area contributed by atoms with E-state index in [1.165, 1.54) is 0 Å². The Morgan fingerprint density at radius 1 is 1.08 bits per heavy atom. The van der Waals surface area contributed by atoms with Gasteiger partial charge in [0.1, 0.15) is 11.3 Å². The Kier molecular flexibility index (Phi) is 7.53. The van der Waals surface area contributed by atoms with Crippen LogP contribution in [0.3, 0.4) is 0 Å². The zero-order valence-electron chi connectivity index (χ0n) is 14.1. The Labute approximate surface area is 151 Å². The van der Waals surface area contributed by atoms with Gasteiger partial charge in [0, 0.05) is 11.6 Å². The average Bonchev–Trinajstić information content (AvgIpc) is 2.58. The minimum absolute atomic E-state index is 0.0822. The molecular formula is C19H23BrO4. The number of unbranched alkanes of at least 4 members (excludes halogenated alkanes) is 3. The van der Waals surface area contributed by atoms with Crippen LogP contribution in [0.1, 0.15) is 43.0 Å². The maximum Gasteiger partial charge on any atom is 0.341 e. The molecule has 0 amide bonds. The summed E-state index contributed by atoms with van der Waals surface area (Å²) < 4.78 is 16.9. The SMILES string of the molecule is CCCCCCOC(=O)c1cc2cc(Br)ccc2cc1OCOC. The molecule has 0 bridgehead atoms. The van der Waals surface area contributed by atoms with E-state index >= 15 is 0 Å². The van der Waals surface area contributed by atoms with E-state index < -0.39 is 0 Å². The Morgan fingerprint density at radius 3 is 2.67 bits per heavy atom. The minimum atomic E-state index is -0.362. The summed E-state index contributed by atoms with van der Waals surface area (Å²) in [5, 5.41) is 1.94. The first-order chi connectivity index (χ1) is 11.7. The maximum absolute atomic E-state index is 12.4. The predicted molar refractivity (Wildman–Crippen MR) is 98.6 cm³/mol. The van der Waals surface area contributed by atoms with E-state index in [2.05, 4.69) is 22.9 Å². The van der Waals surface area contributed by atoms with Gasteiger partial charge in [-0.3, -0.25) is 0 Å². The zero-order valence-corrected chi connectivity index (χ0v) is 15.7. The fraction of sp³-hybridized carbons (Fsp3) is 0.421. The lowest BCUT2D eigenvalue weighted by molar-refractivity contribution is 0.0425. The van der Waals surface area contributed by atoms with Gasteiger partial charge in [-0.25, -0.2) is 4.79 Å². The molecule has 0 radical (unpaired) electrons. The number of carbonyl (C=O) groups excluding carboxylic acids is 1. The van der Waals surface area contributed by atoms with Crippen LogP contribution >= 0.6 is 15.9 Å². The molecule has 0 fully saturated rings. The van der Waals surface area contributed by atoms with Crippen molar-refractivity contribution in [2.24, 2.45) is 0 Å². The highest BCUT2D eigenvalue weighted by Crippen LogP contribution is 2.29. The van der Waals surface area contributed by atoms with E-state index in [1.807, 2.05) is 24.3 Å². The molecule has 0 aromatic heterocycles. The standard InChI is InChI=1S/C19H23BrO4/c1-3-4-5-6-9-23-19(21)17-11-15-10-16(20)8-7-14(15)12-18(17)24-13-22-2/h7-8,10-12H,3-6,9,13H2,1-2H3. The van der Waals surface area contributed by atoms with Gasteiger partial charge in [-0.2, -0.15) is 0 Å². The molecule has 0 saturated heterocycles. The maximum atomic E-state index is 12.4. The molecule has 2 rings (SSSR count). The number of ether oxygens (including phenoxy) is 3. The van der Waals surface area contributed by atoms with Crippen molar-refractivity contribution in [1.29, 1.82) is 0 Å². The Balaban J connectivity index is 2.19. The number of rotatable bonds is 9. The Morgan fingerprint density at radius 2 is 1.92 bits per heavy atom. The van der Waals surface area contributed by atoms with Crippen molar-refractivity contribution in [2.45, 2.75) is 32.6 Å². The van der Waals surface area contributed by atoms with Crippen molar-refractivity contribution >= 4 is 32.7 Å². The predicted octanol–water partition coefficient (Wildman–Crippen LogP) is 5.32.